The number of amides is 1. The van der Waals surface area contributed by atoms with E-state index in [4.69, 9.17) is 5.11 Å². The highest BCUT2D eigenvalue weighted by Gasteiger charge is 2.23. The SMILES string of the molecule is CCN(C(=O)c1ccc2c(c1)CCC2)C(C)CC(=O)O. The Morgan fingerprint density at radius 1 is 1.30 bits per heavy atom. The summed E-state index contributed by atoms with van der Waals surface area (Å²) < 4.78 is 0. The van der Waals surface area contributed by atoms with Crippen molar-refractivity contribution in [2.24, 2.45) is 0 Å². The summed E-state index contributed by atoms with van der Waals surface area (Å²) in [6.45, 7) is 4.18. The molecule has 0 bridgehead atoms. The second-order valence-corrected chi connectivity index (χ2v) is 5.38. The van der Waals surface area contributed by atoms with E-state index in [1.807, 2.05) is 25.1 Å². The molecule has 1 atom stereocenters. The number of fused-ring (bicyclic) bond motifs is 1. The van der Waals surface area contributed by atoms with Crippen LogP contribution in [0.3, 0.4) is 0 Å². The minimum Gasteiger partial charge on any atom is -0.481 e. The second kappa shape index (κ2) is 6.07. The van der Waals surface area contributed by atoms with Gasteiger partial charge in [0.15, 0.2) is 0 Å². The molecule has 108 valence electrons. The van der Waals surface area contributed by atoms with Crippen molar-refractivity contribution in [3.8, 4) is 0 Å². The Hall–Kier alpha value is -1.84. The van der Waals surface area contributed by atoms with Gasteiger partial charge in [-0.1, -0.05) is 6.07 Å². The summed E-state index contributed by atoms with van der Waals surface area (Å²) in [4.78, 5) is 25.0. The number of carboxylic acids is 1. The van der Waals surface area contributed by atoms with Crippen LogP contribution in [0.4, 0.5) is 0 Å². The third kappa shape index (κ3) is 3.00. The van der Waals surface area contributed by atoms with Gasteiger partial charge in [0.05, 0.1) is 6.42 Å². The summed E-state index contributed by atoms with van der Waals surface area (Å²) in [6.07, 6.45) is 3.26. The van der Waals surface area contributed by atoms with Crippen LogP contribution < -0.4 is 0 Å². The highest BCUT2D eigenvalue weighted by atomic mass is 16.4. The first kappa shape index (κ1) is 14.6. The van der Waals surface area contributed by atoms with E-state index in [0.717, 1.165) is 19.3 Å². The first-order chi connectivity index (χ1) is 9.52. The number of hydrogen-bond donors (Lipinski definition) is 1. The van der Waals surface area contributed by atoms with Crippen LogP contribution in [0.15, 0.2) is 18.2 Å². The second-order valence-electron chi connectivity index (χ2n) is 5.38. The molecule has 0 saturated heterocycles. The van der Waals surface area contributed by atoms with Crippen LogP contribution >= 0.6 is 0 Å². The summed E-state index contributed by atoms with van der Waals surface area (Å²) in [5.74, 6) is -0.950. The highest BCUT2D eigenvalue weighted by Crippen LogP contribution is 2.23. The maximum atomic E-state index is 12.5. The lowest BCUT2D eigenvalue weighted by atomic mass is 10.0. The molecule has 0 aromatic heterocycles. The van der Waals surface area contributed by atoms with Crippen molar-refractivity contribution < 1.29 is 14.7 Å². The fourth-order valence-electron chi connectivity index (χ4n) is 2.89. The minimum atomic E-state index is -0.877. The highest BCUT2D eigenvalue weighted by molar-refractivity contribution is 5.95. The Morgan fingerprint density at radius 3 is 2.65 bits per heavy atom. The number of aliphatic carboxylic acids is 1. The Bertz CT molecular complexity index is 524. The van der Waals surface area contributed by atoms with Crippen molar-refractivity contribution in [2.45, 2.75) is 45.6 Å². The van der Waals surface area contributed by atoms with Gasteiger partial charge in [-0.25, -0.2) is 0 Å². The molecule has 2 rings (SSSR count). The molecule has 1 amide bonds. The molecule has 4 nitrogen and oxygen atoms in total. The van der Waals surface area contributed by atoms with Gasteiger partial charge in [-0.2, -0.15) is 0 Å². The van der Waals surface area contributed by atoms with E-state index in [-0.39, 0.29) is 18.4 Å². The molecular formula is C16H21NO3. The number of nitrogens with zero attached hydrogens (tertiary/aromatic N) is 1. The smallest absolute Gasteiger partial charge is 0.305 e. The maximum Gasteiger partial charge on any atom is 0.305 e. The monoisotopic (exact) mass is 275 g/mol. The average molecular weight is 275 g/mol. The zero-order chi connectivity index (χ0) is 14.7. The van der Waals surface area contributed by atoms with E-state index in [1.54, 1.807) is 11.8 Å². The molecule has 0 spiro atoms. The van der Waals surface area contributed by atoms with Gasteiger partial charge in [-0.3, -0.25) is 9.59 Å². The quantitative estimate of drug-likeness (QED) is 0.898. The molecule has 1 aliphatic carbocycles. The van der Waals surface area contributed by atoms with Crippen LogP contribution in [0.25, 0.3) is 0 Å². The van der Waals surface area contributed by atoms with E-state index >= 15 is 0 Å². The maximum absolute atomic E-state index is 12.5. The Labute approximate surface area is 119 Å². The van der Waals surface area contributed by atoms with Crippen molar-refractivity contribution in [1.82, 2.24) is 4.90 Å². The molecule has 0 saturated carbocycles. The molecule has 1 unspecified atom stereocenters. The van der Waals surface area contributed by atoms with Crippen molar-refractivity contribution in [3.05, 3.63) is 34.9 Å². The number of carboxylic acid groups (broad SMARTS) is 1. The average Bonchev–Trinajstić information content (AvgIpc) is 2.85. The van der Waals surface area contributed by atoms with Gasteiger partial charge in [0.2, 0.25) is 0 Å². The molecule has 1 aliphatic rings. The molecule has 1 aromatic carbocycles. The van der Waals surface area contributed by atoms with Crippen LogP contribution in [0.2, 0.25) is 0 Å². The molecular weight excluding hydrogens is 254 g/mol. The summed E-state index contributed by atoms with van der Waals surface area (Å²) >= 11 is 0. The zero-order valence-corrected chi connectivity index (χ0v) is 12.1. The van der Waals surface area contributed by atoms with Gasteiger partial charge in [-0.05, 0) is 56.4 Å². The molecule has 1 aromatic rings. The first-order valence-corrected chi connectivity index (χ1v) is 7.17. The zero-order valence-electron chi connectivity index (χ0n) is 12.1. The fourth-order valence-corrected chi connectivity index (χ4v) is 2.89. The molecule has 0 fully saturated rings. The molecule has 0 aliphatic heterocycles. The standard InChI is InChI=1S/C16H21NO3/c1-3-17(11(2)9-15(18)19)16(20)14-8-7-12-5-4-6-13(12)10-14/h7-8,10-11H,3-6,9H2,1-2H3,(H,18,19). The lowest BCUT2D eigenvalue weighted by molar-refractivity contribution is -0.138. The number of carbonyl (C=O) groups is 2. The van der Waals surface area contributed by atoms with Crippen LogP contribution in [0.1, 0.15) is 48.2 Å². The van der Waals surface area contributed by atoms with E-state index in [0.29, 0.717) is 12.1 Å². The Kier molecular flexibility index (Phi) is 4.42. The van der Waals surface area contributed by atoms with Gasteiger partial charge < -0.3 is 10.0 Å². The number of aryl methyl sites for hydroxylation is 2. The summed E-state index contributed by atoms with van der Waals surface area (Å²) in [5, 5.41) is 8.87. The van der Waals surface area contributed by atoms with Gasteiger partial charge in [0, 0.05) is 18.2 Å². The van der Waals surface area contributed by atoms with Crippen LogP contribution in [0.5, 0.6) is 0 Å². The fraction of sp³-hybridized carbons (Fsp3) is 0.500. The van der Waals surface area contributed by atoms with Crippen molar-refractivity contribution in [1.29, 1.82) is 0 Å². The molecule has 0 heterocycles. The first-order valence-electron chi connectivity index (χ1n) is 7.17. The van der Waals surface area contributed by atoms with E-state index < -0.39 is 5.97 Å². The summed E-state index contributed by atoms with van der Waals surface area (Å²) in [5.41, 5.74) is 3.27. The van der Waals surface area contributed by atoms with E-state index in [9.17, 15) is 9.59 Å². The molecule has 0 radical (unpaired) electrons. The Morgan fingerprint density at radius 2 is 2.00 bits per heavy atom. The third-order valence-electron chi connectivity index (χ3n) is 3.95. The van der Waals surface area contributed by atoms with E-state index in [2.05, 4.69) is 0 Å². The van der Waals surface area contributed by atoms with Crippen LogP contribution in [-0.2, 0) is 17.6 Å². The van der Waals surface area contributed by atoms with Crippen molar-refractivity contribution in [2.75, 3.05) is 6.54 Å². The van der Waals surface area contributed by atoms with Gasteiger partial charge >= 0.3 is 5.97 Å². The van der Waals surface area contributed by atoms with Crippen molar-refractivity contribution >= 4 is 11.9 Å². The summed E-state index contributed by atoms with van der Waals surface area (Å²) in [7, 11) is 0. The van der Waals surface area contributed by atoms with E-state index in [1.165, 1.54) is 11.1 Å². The predicted molar refractivity (Wildman–Crippen MR) is 76.9 cm³/mol. The molecule has 4 heteroatoms. The van der Waals surface area contributed by atoms with Gasteiger partial charge in [-0.15, -0.1) is 0 Å². The van der Waals surface area contributed by atoms with Gasteiger partial charge in [0.1, 0.15) is 0 Å². The predicted octanol–water partition coefficient (Wildman–Crippen LogP) is 2.50. The molecule has 20 heavy (non-hydrogen) atoms. The number of carbonyl (C=O) groups excluding carboxylic acids is 1. The van der Waals surface area contributed by atoms with Crippen molar-refractivity contribution in [3.63, 3.8) is 0 Å². The summed E-state index contributed by atoms with van der Waals surface area (Å²) in [6, 6.07) is 5.58. The molecule has 1 N–H and O–H groups in total. The minimum absolute atomic E-state index is 0.0233. The largest absolute Gasteiger partial charge is 0.481 e. The normalized spacial score (nSPS) is 14.7. The van der Waals surface area contributed by atoms with Gasteiger partial charge in [0.25, 0.3) is 5.91 Å². The van der Waals surface area contributed by atoms with Crippen LogP contribution in [0, 0.1) is 0 Å². The van der Waals surface area contributed by atoms with Crippen LogP contribution in [-0.4, -0.2) is 34.5 Å². The number of benzene rings is 1. The number of hydrogen-bond acceptors (Lipinski definition) is 2. The third-order valence-corrected chi connectivity index (χ3v) is 3.95. The lowest BCUT2D eigenvalue weighted by Crippen LogP contribution is -2.39. The number of rotatable bonds is 5. The Balaban J connectivity index is 2.18. The topological polar surface area (TPSA) is 57.6 Å². The lowest BCUT2D eigenvalue weighted by Gasteiger charge is -2.27.